The number of aliphatic hydroxyl groups excluding tert-OH is 1. The van der Waals surface area contributed by atoms with Gasteiger partial charge in [-0.05, 0) is 41.8 Å². The molecule has 2 aliphatic rings. The Kier molecular flexibility index (Phi) is 6.39. The topological polar surface area (TPSA) is 96.2 Å². The number of fused-ring (bicyclic) bond motifs is 2. The van der Waals surface area contributed by atoms with Crippen LogP contribution in [0, 0.1) is 5.82 Å². The number of aromatic nitrogens is 2. The number of carbonyl (C=O) groups excluding carboxylic acids is 2. The van der Waals surface area contributed by atoms with E-state index < -0.39 is 17.8 Å². The third-order valence-electron chi connectivity index (χ3n) is 7.40. The van der Waals surface area contributed by atoms with Crippen molar-refractivity contribution < 1.29 is 23.8 Å². The number of hydrogen-bond donors (Lipinski definition) is 2. The SMILES string of the molecule is O=C(C[C@H]1c2ccccc2C[C@H]1O)c1ccc(F)c(NC(=O)c2cnc3cc(N4CCOCC4)ccn23)c1. The van der Waals surface area contributed by atoms with Crippen molar-refractivity contribution in [1.29, 1.82) is 0 Å². The molecule has 6 rings (SSSR count). The summed E-state index contributed by atoms with van der Waals surface area (Å²) in [7, 11) is 0. The quantitative estimate of drug-likeness (QED) is 0.380. The van der Waals surface area contributed by atoms with E-state index in [0.29, 0.717) is 25.3 Å². The Bertz CT molecular complexity index is 1530. The molecule has 0 radical (unpaired) electrons. The monoisotopic (exact) mass is 514 g/mol. The molecule has 1 aliphatic carbocycles. The number of ketones is 1. The van der Waals surface area contributed by atoms with Crippen molar-refractivity contribution in [3.05, 3.63) is 95.2 Å². The Labute approximate surface area is 218 Å². The lowest BCUT2D eigenvalue weighted by Crippen LogP contribution is -2.36. The van der Waals surface area contributed by atoms with E-state index in [4.69, 9.17) is 4.74 Å². The minimum absolute atomic E-state index is 0.0897. The highest BCUT2D eigenvalue weighted by Crippen LogP contribution is 2.36. The van der Waals surface area contributed by atoms with Gasteiger partial charge in [-0.25, -0.2) is 9.37 Å². The molecule has 1 amide bonds. The maximum Gasteiger partial charge on any atom is 0.274 e. The molecular weight excluding hydrogens is 487 g/mol. The predicted octanol–water partition coefficient (Wildman–Crippen LogP) is 3.84. The summed E-state index contributed by atoms with van der Waals surface area (Å²) in [5.74, 6) is -1.74. The third kappa shape index (κ3) is 4.55. The van der Waals surface area contributed by atoms with Gasteiger partial charge in [-0.15, -0.1) is 0 Å². The maximum absolute atomic E-state index is 14.7. The van der Waals surface area contributed by atoms with Crippen molar-refractivity contribution in [2.24, 2.45) is 0 Å². The second-order valence-electron chi connectivity index (χ2n) is 9.71. The number of pyridine rings is 1. The first kappa shape index (κ1) is 24.3. The first-order chi connectivity index (χ1) is 18.5. The van der Waals surface area contributed by atoms with E-state index in [-0.39, 0.29) is 35.1 Å². The molecule has 1 fully saturated rings. The third-order valence-corrected chi connectivity index (χ3v) is 7.40. The van der Waals surface area contributed by atoms with Crippen molar-refractivity contribution in [1.82, 2.24) is 9.38 Å². The molecule has 3 heterocycles. The van der Waals surface area contributed by atoms with Gasteiger partial charge in [-0.1, -0.05) is 24.3 Å². The number of nitrogens with one attached hydrogen (secondary N) is 1. The highest BCUT2D eigenvalue weighted by molar-refractivity contribution is 6.05. The molecule has 2 N–H and O–H groups in total. The molecule has 0 saturated carbocycles. The van der Waals surface area contributed by atoms with Gasteiger partial charge in [0.1, 0.15) is 17.2 Å². The number of imidazole rings is 1. The highest BCUT2D eigenvalue weighted by atomic mass is 19.1. The van der Waals surface area contributed by atoms with Gasteiger partial charge >= 0.3 is 0 Å². The standard InChI is InChI=1S/C29H27FN4O4/c30-23-6-5-19(26(35)16-22-21-4-2-1-3-18(21)14-27(22)36)13-24(23)32-29(37)25-17-31-28-15-20(7-8-34(25)28)33-9-11-38-12-10-33/h1-8,13,15,17,22,27,36H,9-12,14,16H2,(H,32,37)/t22-,27+/m0/s1. The van der Waals surface area contributed by atoms with Gasteiger partial charge < -0.3 is 20.1 Å². The summed E-state index contributed by atoms with van der Waals surface area (Å²) < 4.78 is 21.7. The largest absolute Gasteiger partial charge is 0.392 e. The number of hydrogen-bond acceptors (Lipinski definition) is 6. The molecule has 1 aliphatic heterocycles. The number of halogens is 1. The number of morpholine rings is 1. The van der Waals surface area contributed by atoms with Gasteiger partial charge in [0.2, 0.25) is 0 Å². The van der Waals surface area contributed by atoms with Crippen LogP contribution in [0.15, 0.2) is 67.0 Å². The average Bonchev–Trinajstić information content (AvgIpc) is 3.50. The molecule has 4 aromatic rings. The van der Waals surface area contributed by atoms with Gasteiger partial charge in [-0.3, -0.25) is 14.0 Å². The van der Waals surface area contributed by atoms with Crippen LogP contribution in [0.2, 0.25) is 0 Å². The molecule has 0 unspecified atom stereocenters. The number of benzene rings is 2. The lowest BCUT2D eigenvalue weighted by Gasteiger charge is -2.28. The Morgan fingerprint density at radius 3 is 2.76 bits per heavy atom. The second kappa shape index (κ2) is 10.00. The fourth-order valence-corrected chi connectivity index (χ4v) is 5.36. The molecule has 2 atom stereocenters. The lowest BCUT2D eigenvalue weighted by atomic mass is 9.91. The number of Topliss-reactive ketones (excluding diaryl/α,β-unsaturated/α-hetero) is 1. The summed E-state index contributed by atoms with van der Waals surface area (Å²) in [6.45, 7) is 2.89. The normalized spacial score (nSPS) is 18.9. The van der Waals surface area contributed by atoms with Crippen LogP contribution in [0.3, 0.4) is 0 Å². The van der Waals surface area contributed by atoms with Crippen molar-refractivity contribution in [3.63, 3.8) is 0 Å². The smallest absolute Gasteiger partial charge is 0.274 e. The molecule has 2 aromatic heterocycles. The van der Waals surface area contributed by atoms with Crippen LogP contribution in [0.4, 0.5) is 15.8 Å². The fraction of sp³-hybridized carbons (Fsp3) is 0.276. The van der Waals surface area contributed by atoms with Gasteiger partial charge in [-0.2, -0.15) is 0 Å². The number of anilines is 2. The van der Waals surface area contributed by atoms with Crippen LogP contribution >= 0.6 is 0 Å². The zero-order valence-electron chi connectivity index (χ0n) is 20.6. The highest BCUT2D eigenvalue weighted by Gasteiger charge is 2.32. The molecule has 2 aromatic carbocycles. The van der Waals surface area contributed by atoms with Gasteiger partial charge in [0, 0.05) is 48.9 Å². The summed E-state index contributed by atoms with van der Waals surface area (Å²) in [5.41, 5.74) is 4.02. The van der Waals surface area contributed by atoms with E-state index in [1.54, 1.807) is 10.6 Å². The minimum Gasteiger partial charge on any atom is -0.392 e. The number of nitrogens with zero attached hydrogens (tertiary/aromatic N) is 3. The average molecular weight is 515 g/mol. The number of rotatable bonds is 6. The first-order valence-electron chi connectivity index (χ1n) is 12.7. The summed E-state index contributed by atoms with van der Waals surface area (Å²) in [4.78, 5) is 32.7. The van der Waals surface area contributed by atoms with E-state index in [1.807, 2.05) is 36.4 Å². The van der Waals surface area contributed by atoms with Crippen molar-refractivity contribution >= 4 is 28.7 Å². The minimum atomic E-state index is -0.649. The van der Waals surface area contributed by atoms with E-state index in [1.165, 1.54) is 24.4 Å². The molecular formula is C29H27FN4O4. The van der Waals surface area contributed by atoms with Crippen LogP contribution in [0.1, 0.15) is 44.3 Å². The lowest BCUT2D eigenvalue weighted by molar-refractivity contribution is 0.0920. The van der Waals surface area contributed by atoms with Gasteiger partial charge in [0.05, 0.1) is 31.2 Å². The summed E-state index contributed by atoms with van der Waals surface area (Å²) in [5, 5.41) is 13.1. The van der Waals surface area contributed by atoms with Crippen molar-refractivity contribution in [2.75, 3.05) is 36.5 Å². The predicted molar refractivity (Wildman–Crippen MR) is 140 cm³/mol. The molecule has 8 nitrogen and oxygen atoms in total. The van der Waals surface area contributed by atoms with Crippen molar-refractivity contribution in [2.45, 2.75) is 24.9 Å². The van der Waals surface area contributed by atoms with Crippen molar-refractivity contribution in [3.8, 4) is 0 Å². The summed E-state index contributed by atoms with van der Waals surface area (Å²) in [6, 6.07) is 15.4. The van der Waals surface area contributed by atoms with Crippen LogP contribution in [-0.4, -0.2) is 58.6 Å². The molecule has 0 spiro atoms. The van der Waals surface area contributed by atoms with E-state index in [0.717, 1.165) is 29.9 Å². The Balaban J connectivity index is 1.19. The Hall–Kier alpha value is -4.08. The first-order valence-corrected chi connectivity index (χ1v) is 12.7. The number of amides is 1. The number of ether oxygens (including phenoxy) is 1. The second-order valence-corrected chi connectivity index (χ2v) is 9.71. The maximum atomic E-state index is 14.7. The molecule has 1 saturated heterocycles. The zero-order chi connectivity index (χ0) is 26.2. The van der Waals surface area contributed by atoms with Crippen LogP contribution in [0.5, 0.6) is 0 Å². The Morgan fingerprint density at radius 2 is 1.92 bits per heavy atom. The van der Waals surface area contributed by atoms with Crippen LogP contribution < -0.4 is 10.2 Å². The van der Waals surface area contributed by atoms with Crippen LogP contribution in [0.25, 0.3) is 5.65 Å². The van der Waals surface area contributed by atoms with E-state index >= 15 is 0 Å². The molecule has 194 valence electrons. The van der Waals surface area contributed by atoms with Gasteiger partial charge in [0.15, 0.2) is 5.78 Å². The Morgan fingerprint density at radius 1 is 1.11 bits per heavy atom. The molecule has 9 heteroatoms. The molecule has 38 heavy (non-hydrogen) atoms. The van der Waals surface area contributed by atoms with E-state index in [9.17, 15) is 19.1 Å². The number of aliphatic hydroxyl groups is 1. The van der Waals surface area contributed by atoms with Crippen LogP contribution in [-0.2, 0) is 11.2 Å². The van der Waals surface area contributed by atoms with E-state index in [2.05, 4.69) is 15.2 Å². The summed E-state index contributed by atoms with van der Waals surface area (Å²) in [6.07, 6.45) is 3.17. The number of carbonyl (C=O) groups is 2. The van der Waals surface area contributed by atoms with Gasteiger partial charge in [0.25, 0.3) is 5.91 Å². The fourth-order valence-electron chi connectivity index (χ4n) is 5.36. The molecule has 0 bridgehead atoms. The summed E-state index contributed by atoms with van der Waals surface area (Å²) >= 11 is 0. The zero-order valence-corrected chi connectivity index (χ0v) is 20.6.